The topological polar surface area (TPSA) is 6.48 Å². The number of likely N-dealkylation sites (N-methyl/N-ethyl adjacent to an activating group) is 1. The molecule has 2 aliphatic carbocycles. The van der Waals surface area contributed by atoms with E-state index in [1.54, 1.807) is 0 Å². The van der Waals surface area contributed by atoms with Crippen molar-refractivity contribution in [3.05, 3.63) is 29.8 Å². The highest BCUT2D eigenvalue weighted by Crippen LogP contribution is 2.45. The molecule has 1 aliphatic heterocycles. The SMILES string of the molecule is Cc1ccccc1N1C(C2CCCC2)N(C)C(C2CCCC2)[C@@H]1C. The molecule has 2 heteroatoms. The minimum atomic E-state index is 0.606. The van der Waals surface area contributed by atoms with Gasteiger partial charge in [0.05, 0.1) is 6.17 Å². The molecule has 1 aromatic rings. The van der Waals surface area contributed by atoms with Gasteiger partial charge in [0, 0.05) is 17.8 Å². The van der Waals surface area contributed by atoms with Crippen molar-refractivity contribution in [2.24, 2.45) is 11.8 Å². The van der Waals surface area contributed by atoms with Crippen LogP contribution in [-0.4, -0.2) is 30.2 Å². The Labute approximate surface area is 148 Å². The molecule has 0 aromatic heterocycles. The summed E-state index contributed by atoms with van der Waals surface area (Å²) in [7, 11) is 2.43. The lowest BCUT2D eigenvalue weighted by molar-refractivity contribution is 0.144. The largest absolute Gasteiger partial charge is 0.351 e. The van der Waals surface area contributed by atoms with Crippen LogP contribution in [0.15, 0.2) is 24.3 Å². The van der Waals surface area contributed by atoms with Crippen LogP contribution in [0.2, 0.25) is 0 Å². The van der Waals surface area contributed by atoms with E-state index in [0.29, 0.717) is 12.2 Å². The second-order valence-corrected chi connectivity index (χ2v) is 8.59. The number of benzene rings is 1. The van der Waals surface area contributed by atoms with E-state index in [9.17, 15) is 0 Å². The zero-order valence-electron chi connectivity index (χ0n) is 15.7. The highest BCUT2D eigenvalue weighted by molar-refractivity contribution is 5.56. The summed E-state index contributed by atoms with van der Waals surface area (Å²) in [4.78, 5) is 5.61. The van der Waals surface area contributed by atoms with Crippen molar-refractivity contribution < 1.29 is 0 Å². The minimum absolute atomic E-state index is 0.606. The van der Waals surface area contributed by atoms with E-state index in [2.05, 4.69) is 55.0 Å². The van der Waals surface area contributed by atoms with Crippen LogP contribution >= 0.6 is 0 Å². The third kappa shape index (κ3) is 2.67. The molecule has 0 amide bonds. The molecule has 1 aromatic carbocycles. The summed E-state index contributed by atoms with van der Waals surface area (Å²) in [6.45, 7) is 4.79. The van der Waals surface area contributed by atoms with Crippen LogP contribution in [0.5, 0.6) is 0 Å². The maximum Gasteiger partial charge on any atom is 0.0853 e. The summed E-state index contributed by atoms with van der Waals surface area (Å²) in [6.07, 6.45) is 12.1. The maximum absolute atomic E-state index is 2.81. The van der Waals surface area contributed by atoms with Gasteiger partial charge in [0.15, 0.2) is 0 Å². The Morgan fingerprint density at radius 1 is 0.875 bits per heavy atom. The number of aryl methyl sites for hydroxylation is 1. The van der Waals surface area contributed by atoms with E-state index in [1.165, 1.54) is 62.6 Å². The summed E-state index contributed by atoms with van der Waals surface area (Å²) >= 11 is 0. The lowest BCUT2D eigenvalue weighted by Crippen LogP contribution is -2.44. The third-order valence-electron chi connectivity index (χ3n) is 7.20. The van der Waals surface area contributed by atoms with Crippen LogP contribution in [-0.2, 0) is 0 Å². The fourth-order valence-electron chi connectivity index (χ4n) is 6.17. The van der Waals surface area contributed by atoms with Gasteiger partial charge in [-0.3, -0.25) is 4.90 Å². The number of anilines is 1. The number of hydrogen-bond donors (Lipinski definition) is 0. The Morgan fingerprint density at radius 3 is 2.08 bits per heavy atom. The lowest BCUT2D eigenvalue weighted by atomic mass is 9.92. The van der Waals surface area contributed by atoms with Gasteiger partial charge in [0.2, 0.25) is 0 Å². The van der Waals surface area contributed by atoms with Crippen molar-refractivity contribution in [3.63, 3.8) is 0 Å². The van der Waals surface area contributed by atoms with Crippen molar-refractivity contribution in [1.82, 2.24) is 4.90 Å². The first kappa shape index (κ1) is 16.4. The van der Waals surface area contributed by atoms with E-state index in [0.717, 1.165) is 17.9 Å². The van der Waals surface area contributed by atoms with Crippen LogP contribution < -0.4 is 4.90 Å². The molecule has 3 fully saturated rings. The van der Waals surface area contributed by atoms with E-state index in [1.807, 2.05) is 0 Å². The fraction of sp³-hybridized carbons (Fsp3) is 0.727. The summed E-state index contributed by atoms with van der Waals surface area (Å²) in [5.74, 6) is 1.76. The van der Waals surface area contributed by atoms with Gasteiger partial charge in [0.25, 0.3) is 0 Å². The molecule has 0 spiro atoms. The fourth-order valence-corrected chi connectivity index (χ4v) is 6.17. The molecule has 2 saturated carbocycles. The Bertz CT molecular complexity index is 557. The van der Waals surface area contributed by atoms with E-state index < -0.39 is 0 Å². The average Bonchev–Trinajstić information content (AvgIpc) is 3.29. The van der Waals surface area contributed by atoms with Gasteiger partial charge >= 0.3 is 0 Å². The molecule has 2 unspecified atom stereocenters. The lowest BCUT2D eigenvalue weighted by Gasteiger charge is -2.37. The summed E-state index contributed by atoms with van der Waals surface area (Å²) < 4.78 is 0. The molecular formula is C22H34N2. The van der Waals surface area contributed by atoms with Gasteiger partial charge in [-0.2, -0.15) is 0 Å². The monoisotopic (exact) mass is 326 g/mol. The molecule has 3 aliphatic rings. The average molecular weight is 327 g/mol. The molecule has 4 rings (SSSR count). The zero-order valence-corrected chi connectivity index (χ0v) is 15.7. The first-order chi connectivity index (χ1) is 11.7. The second kappa shape index (κ2) is 6.71. The quantitative estimate of drug-likeness (QED) is 0.752. The molecule has 1 saturated heterocycles. The molecular weight excluding hydrogens is 292 g/mol. The molecule has 132 valence electrons. The first-order valence-electron chi connectivity index (χ1n) is 10.2. The van der Waals surface area contributed by atoms with E-state index in [4.69, 9.17) is 0 Å². The van der Waals surface area contributed by atoms with Gasteiger partial charge in [0.1, 0.15) is 0 Å². The standard InChI is InChI=1S/C22H34N2/c1-16-10-4-9-15-20(16)24-17(2)21(18-11-5-6-12-18)23(3)22(24)19-13-7-8-14-19/h4,9-10,15,17-19,21-22H,5-8,11-14H2,1-3H3/t17-,21?,22?/m0/s1. The maximum atomic E-state index is 2.81. The number of hydrogen-bond acceptors (Lipinski definition) is 2. The molecule has 0 N–H and O–H groups in total. The van der Waals surface area contributed by atoms with Crippen LogP contribution in [0, 0.1) is 18.8 Å². The van der Waals surface area contributed by atoms with Gasteiger partial charge in [-0.1, -0.05) is 43.9 Å². The van der Waals surface area contributed by atoms with Crippen molar-refractivity contribution in [1.29, 1.82) is 0 Å². The number of nitrogens with zero attached hydrogens (tertiary/aromatic N) is 2. The Balaban J connectivity index is 1.71. The van der Waals surface area contributed by atoms with E-state index in [-0.39, 0.29) is 0 Å². The van der Waals surface area contributed by atoms with Gasteiger partial charge in [-0.25, -0.2) is 0 Å². The normalized spacial score (nSPS) is 33.0. The third-order valence-corrected chi connectivity index (χ3v) is 7.20. The predicted octanol–water partition coefficient (Wildman–Crippen LogP) is 5.21. The van der Waals surface area contributed by atoms with Crippen molar-refractivity contribution >= 4 is 5.69 Å². The van der Waals surface area contributed by atoms with Gasteiger partial charge in [-0.05, 0) is 70.0 Å². The molecule has 2 nitrogen and oxygen atoms in total. The second-order valence-electron chi connectivity index (χ2n) is 8.59. The smallest absolute Gasteiger partial charge is 0.0853 e. The van der Waals surface area contributed by atoms with Gasteiger partial charge < -0.3 is 4.90 Å². The Kier molecular flexibility index (Phi) is 4.60. The van der Waals surface area contributed by atoms with Gasteiger partial charge in [-0.15, -0.1) is 0 Å². The predicted molar refractivity (Wildman–Crippen MR) is 102 cm³/mol. The Morgan fingerprint density at radius 2 is 1.46 bits per heavy atom. The van der Waals surface area contributed by atoms with Crippen LogP contribution in [0.3, 0.4) is 0 Å². The molecule has 1 heterocycles. The van der Waals surface area contributed by atoms with Crippen molar-refractivity contribution in [2.75, 3.05) is 11.9 Å². The van der Waals surface area contributed by atoms with Crippen molar-refractivity contribution in [3.8, 4) is 0 Å². The van der Waals surface area contributed by atoms with Crippen molar-refractivity contribution in [2.45, 2.75) is 83.5 Å². The summed E-state index contributed by atoms with van der Waals surface area (Å²) in [6, 6.07) is 10.4. The molecule has 0 bridgehead atoms. The molecule has 0 radical (unpaired) electrons. The zero-order chi connectivity index (χ0) is 16.7. The highest BCUT2D eigenvalue weighted by Gasteiger charge is 2.49. The first-order valence-corrected chi connectivity index (χ1v) is 10.2. The molecule has 24 heavy (non-hydrogen) atoms. The summed E-state index contributed by atoms with van der Waals surface area (Å²) in [5, 5.41) is 0. The molecule has 3 atom stereocenters. The number of para-hydroxylation sites is 1. The Hall–Kier alpha value is -1.02. The van der Waals surface area contributed by atoms with E-state index >= 15 is 0 Å². The highest BCUT2D eigenvalue weighted by atomic mass is 15.5. The van der Waals surface area contributed by atoms with Crippen LogP contribution in [0.1, 0.15) is 63.9 Å². The van der Waals surface area contributed by atoms with Crippen LogP contribution in [0.4, 0.5) is 5.69 Å². The van der Waals surface area contributed by atoms with Crippen LogP contribution in [0.25, 0.3) is 0 Å². The number of rotatable bonds is 3. The summed E-state index contributed by atoms with van der Waals surface area (Å²) in [5.41, 5.74) is 2.92. The minimum Gasteiger partial charge on any atom is -0.351 e.